The summed E-state index contributed by atoms with van der Waals surface area (Å²) in [6.45, 7) is 1.54. The number of aromatic nitrogens is 2. The van der Waals surface area contributed by atoms with Crippen molar-refractivity contribution in [2.45, 2.75) is 12.8 Å². The molecule has 98 valence electrons. The molecule has 2 aromatic rings. The van der Waals surface area contributed by atoms with Gasteiger partial charge in [0.2, 0.25) is 0 Å². The van der Waals surface area contributed by atoms with Crippen LogP contribution in [-0.4, -0.2) is 23.1 Å². The number of thiazole rings is 1. The van der Waals surface area contributed by atoms with Crippen LogP contribution in [0, 0.1) is 23.1 Å². The number of fused-ring (bicyclic) bond motifs is 1. The Bertz CT molecular complexity index is 627. The van der Waals surface area contributed by atoms with Crippen molar-refractivity contribution in [3.63, 3.8) is 0 Å². The summed E-state index contributed by atoms with van der Waals surface area (Å²) in [5, 5.41) is 9.78. The maximum atomic E-state index is 13.7. The maximum absolute atomic E-state index is 13.7. The molecule has 0 aliphatic carbocycles. The van der Waals surface area contributed by atoms with Gasteiger partial charge in [-0.15, -0.1) is 0 Å². The minimum Gasteiger partial charge on any atom is -0.347 e. The molecule has 1 atom stereocenters. The standard InChI is InChI=1S/C12H10BrFN4S/c13-11-10-9(8(14)5-16-11)17-12(19-10)18-3-1-2-7(4-15)6-18/h5,7H,1-3,6H2/t7-/m1/s1. The Labute approximate surface area is 122 Å². The van der Waals surface area contributed by atoms with Gasteiger partial charge in [-0.25, -0.2) is 14.4 Å². The first-order chi connectivity index (χ1) is 9.19. The van der Waals surface area contributed by atoms with Gasteiger partial charge >= 0.3 is 0 Å². The van der Waals surface area contributed by atoms with E-state index in [-0.39, 0.29) is 5.92 Å². The molecule has 0 bridgehead atoms. The molecule has 1 fully saturated rings. The van der Waals surface area contributed by atoms with Crippen molar-refractivity contribution in [3.05, 3.63) is 16.6 Å². The number of piperidine rings is 1. The summed E-state index contributed by atoms with van der Waals surface area (Å²) in [5.74, 6) is -0.373. The van der Waals surface area contributed by atoms with E-state index in [0.29, 0.717) is 21.4 Å². The van der Waals surface area contributed by atoms with Crippen LogP contribution in [0.25, 0.3) is 10.2 Å². The van der Waals surface area contributed by atoms with Crippen molar-refractivity contribution >= 4 is 42.6 Å². The number of pyridine rings is 1. The zero-order valence-corrected chi connectivity index (χ0v) is 12.3. The third-order valence-electron chi connectivity index (χ3n) is 3.20. The second kappa shape index (κ2) is 5.02. The number of nitrogens with zero attached hydrogens (tertiary/aromatic N) is 4. The normalized spacial score (nSPS) is 19.6. The van der Waals surface area contributed by atoms with Crippen LogP contribution >= 0.6 is 27.3 Å². The topological polar surface area (TPSA) is 52.8 Å². The van der Waals surface area contributed by atoms with Crippen molar-refractivity contribution in [2.75, 3.05) is 18.0 Å². The van der Waals surface area contributed by atoms with E-state index in [1.807, 2.05) is 0 Å². The molecule has 3 heterocycles. The van der Waals surface area contributed by atoms with Gasteiger partial charge in [0.15, 0.2) is 10.9 Å². The van der Waals surface area contributed by atoms with E-state index < -0.39 is 5.82 Å². The zero-order chi connectivity index (χ0) is 13.4. The number of halogens is 2. The molecule has 0 unspecified atom stereocenters. The molecular weight excluding hydrogens is 331 g/mol. The minimum atomic E-state index is -0.408. The Morgan fingerprint density at radius 2 is 2.42 bits per heavy atom. The summed E-state index contributed by atoms with van der Waals surface area (Å²) < 4.78 is 15.0. The Kier molecular flexibility index (Phi) is 3.37. The van der Waals surface area contributed by atoms with E-state index in [0.717, 1.165) is 24.5 Å². The third kappa shape index (κ3) is 2.30. The summed E-state index contributed by atoms with van der Waals surface area (Å²) in [6.07, 6.45) is 3.07. The van der Waals surface area contributed by atoms with Gasteiger partial charge in [0.05, 0.1) is 22.9 Å². The molecule has 7 heteroatoms. The summed E-state index contributed by atoms with van der Waals surface area (Å²) in [6, 6.07) is 2.30. The van der Waals surface area contributed by atoms with Crippen LogP contribution in [0.2, 0.25) is 0 Å². The van der Waals surface area contributed by atoms with E-state index >= 15 is 0 Å². The Hall–Kier alpha value is -1.26. The highest BCUT2D eigenvalue weighted by Crippen LogP contribution is 2.35. The van der Waals surface area contributed by atoms with Crippen LogP contribution in [-0.2, 0) is 0 Å². The van der Waals surface area contributed by atoms with Crippen molar-refractivity contribution in [3.8, 4) is 6.07 Å². The second-order valence-electron chi connectivity index (χ2n) is 4.49. The fourth-order valence-corrected chi connectivity index (χ4v) is 3.76. The van der Waals surface area contributed by atoms with Gasteiger partial charge in [0.1, 0.15) is 10.1 Å². The highest BCUT2D eigenvalue weighted by Gasteiger charge is 2.23. The molecule has 1 saturated heterocycles. The first-order valence-corrected chi connectivity index (χ1v) is 7.55. The number of rotatable bonds is 1. The molecule has 1 aliphatic heterocycles. The summed E-state index contributed by atoms with van der Waals surface area (Å²) in [7, 11) is 0. The average Bonchev–Trinajstić information content (AvgIpc) is 2.89. The zero-order valence-electron chi connectivity index (χ0n) is 9.94. The summed E-state index contributed by atoms with van der Waals surface area (Å²) in [4.78, 5) is 10.4. The van der Waals surface area contributed by atoms with Crippen molar-refractivity contribution < 1.29 is 4.39 Å². The lowest BCUT2D eigenvalue weighted by atomic mass is 10.0. The SMILES string of the molecule is N#C[C@H]1CCCN(c2nc3c(F)cnc(Br)c3s2)C1. The fraction of sp³-hybridized carbons (Fsp3) is 0.417. The number of hydrogen-bond donors (Lipinski definition) is 0. The second-order valence-corrected chi connectivity index (χ2v) is 6.21. The van der Waals surface area contributed by atoms with Gasteiger partial charge < -0.3 is 4.90 Å². The lowest BCUT2D eigenvalue weighted by Gasteiger charge is -2.28. The Morgan fingerprint density at radius 3 is 3.16 bits per heavy atom. The average molecular weight is 341 g/mol. The molecule has 1 aliphatic rings. The van der Waals surface area contributed by atoms with Crippen LogP contribution in [0.1, 0.15) is 12.8 Å². The third-order valence-corrected chi connectivity index (χ3v) is 5.18. The lowest BCUT2D eigenvalue weighted by Crippen LogP contribution is -2.34. The smallest absolute Gasteiger partial charge is 0.186 e. The lowest BCUT2D eigenvalue weighted by molar-refractivity contribution is 0.493. The van der Waals surface area contributed by atoms with Crippen LogP contribution in [0.5, 0.6) is 0 Å². The van der Waals surface area contributed by atoms with Crippen LogP contribution in [0.4, 0.5) is 9.52 Å². The quantitative estimate of drug-likeness (QED) is 0.747. The number of hydrogen-bond acceptors (Lipinski definition) is 5. The van der Waals surface area contributed by atoms with Gasteiger partial charge in [-0.2, -0.15) is 5.26 Å². The molecule has 0 radical (unpaired) electrons. The highest BCUT2D eigenvalue weighted by atomic mass is 79.9. The molecule has 4 nitrogen and oxygen atoms in total. The first kappa shape index (κ1) is 12.8. The summed E-state index contributed by atoms with van der Waals surface area (Å²) in [5.41, 5.74) is 0.348. The molecule has 3 rings (SSSR count). The molecule has 0 saturated carbocycles. The van der Waals surface area contributed by atoms with E-state index in [4.69, 9.17) is 5.26 Å². The molecule has 0 amide bonds. The molecule has 19 heavy (non-hydrogen) atoms. The maximum Gasteiger partial charge on any atom is 0.186 e. The van der Waals surface area contributed by atoms with Crippen molar-refractivity contribution in [2.24, 2.45) is 5.92 Å². The number of nitriles is 1. The summed E-state index contributed by atoms with van der Waals surface area (Å²) >= 11 is 4.73. The van der Waals surface area contributed by atoms with Gasteiger partial charge in [-0.05, 0) is 28.8 Å². The van der Waals surface area contributed by atoms with E-state index in [9.17, 15) is 4.39 Å². The molecular formula is C12H10BrFN4S. The van der Waals surface area contributed by atoms with E-state index in [2.05, 4.69) is 36.9 Å². The first-order valence-electron chi connectivity index (χ1n) is 5.94. The molecule has 2 aromatic heterocycles. The van der Waals surface area contributed by atoms with Crippen molar-refractivity contribution in [1.82, 2.24) is 9.97 Å². The number of anilines is 1. The fourth-order valence-electron chi connectivity index (χ4n) is 2.24. The predicted octanol–water partition coefficient (Wildman–Crippen LogP) is 3.33. The molecule has 0 N–H and O–H groups in total. The van der Waals surface area contributed by atoms with Gasteiger partial charge in [-0.3, -0.25) is 0 Å². The Morgan fingerprint density at radius 1 is 1.58 bits per heavy atom. The van der Waals surface area contributed by atoms with Crippen LogP contribution < -0.4 is 4.90 Å². The minimum absolute atomic E-state index is 0.0344. The van der Waals surface area contributed by atoms with Crippen LogP contribution in [0.3, 0.4) is 0 Å². The largest absolute Gasteiger partial charge is 0.347 e. The molecule has 0 spiro atoms. The Balaban J connectivity index is 2.00. The van der Waals surface area contributed by atoms with Gasteiger partial charge in [0.25, 0.3) is 0 Å². The van der Waals surface area contributed by atoms with Crippen molar-refractivity contribution in [1.29, 1.82) is 5.26 Å². The predicted molar refractivity (Wildman–Crippen MR) is 75.6 cm³/mol. The highest BCUT2D eigenvalue weighted by molar-refractivity contribution is 9.10. The monoisotopic (exact) mass is 340 g/mol. The van der Waals surface area contributed by atoms with Gasteiger partial charge in [-0.1, -0.05) is 11.3 Å². The van der Waals surface area contributed by atoms with E-state index in [1.54, 1.807) is 0 Å². The van der Waals surface area contributed by atoms with E-state index in [1.165, 1.54) is 17.5 Å². The van der Waals surface area contributed by atoms with Gasteiger partial charge in [0, 0.05) is 13.1 Å². The molecule has 0 aromatic carbocycles. The van der Waals surface area contributed by atoms with Crippen LogP contribution in [0.15, 0.2) is 10.8 Å².